The molecule has 1 aliphatic heterocycles. The molecule has 0 saturated carbocycles. The van der Waals surface area contributed by atoms with Crippen molar-refractivity contribution < 1.29 is 17.9 Å². The number of alkyl halides is 2. The van der Waals surface area contributed by atoms with Crippen molar-refractivity contribution in [1.82, 2.24) is 10.3 Å². The first kappa shape index (κ1) is 21.2. The van der Waals surface area contributed by atoms with Gasteiger partial charge in [-0.15, -0.1) is 0 Å². The number of halogens is 3. The highest BCUT2D eigenvalue weighted by atomic mass is 19.3. The zero-order valence-electron chi connectivity index (χ0n) is 17.4. The Morgan fingerprint density at radius 2 is 1.97 bits per heavy atom. The van der Waals surface area contributed by atoms with Crippen LogP contribution in [0, 0.1) is 5.82 Å². The molecule has 0 spiro atoms. The van der Waals surface area contributed by atoms with E-state index in [0.717, 1.165) is 53.5 Å². The summed E-state index contributed by atoms with van der Waals surface area (Å²) in [4.78, 5) is 4.45. The lowest BCUT2D eigenvalue weighted by Gasteiger charge is -2.21. The number of rotatable bonds is 6. The predicted octanol–water partition coefficient (Wildman–Crippen LogP) is 5.87. The van der Waals surface area contributed by atoms with Gasteiger partial charge in [0.15, 0.2) is 0 Å². The SMILES string of the molecule is COc1cc2nccc(N[C@H](C)c3cccc(C(F)F)c3F)c2cc1C1=CCNCC1. The van der Waals surface area contributed by atoms with Crippen LogP contribution in [0.1, 0.15) is 42.5 Å². The molecule has 4 nitrogen and oxygen atoms in total. The van der Waals surface area contributed by atoms with E-state index in [2.05, 4.69) is 21.7 Å². The summed E-state index contributed by atoms with van der Waals surface area (Å²) in [5.41, 5.74) is 3.27. The maximum Gasteiger partial charge on any atom is 0.266 e. The van der Waals surface area contributed by atoms with Crippen LogP contribution in [-0.2, 0) is 0 Å². The number of fused-ring (bicyclic) bond motifs is 1. The lowest BCUT2D eigenvalue weighted by Crippen LogP contribution is -2.20. The molecular weight excluding hydrogens is 403 g/mol. The van der Waals surface area contributed by atoms with E-state index in [9.17, 15) is 13.2 Å². The number of methoxy groups -OCH3 is 1. The summed E-state index contributed by atoms with van der Waals surface area (Å²) in [6.07, 6.45) is 1.83. The highest BCUT2D eigenvalue weighted by molar-refractivity contribution is 5.95. The van der Waals surface area contributed by atoms with Crippen LogP contribution in [0.5, 0.6) is 5.75 Å². The van der Waals surface area contributed by atoms with Gasteiger partial charge in [-0.2, -0.15) is 0 Å². The number of ether oxygens (including phenoxy) is 1. The number of nitrogens with one attached hydrogen (secondary N) is 2. The molecule has 2 N–H and O–H groups in total. The molecule has 1 aromatic heterocycles. The molecular formula is C24H24F3N3O. The first-order valence-electron chi connectivity index (χ1n) is 10.2. The lowest BCUT2D eigenvalue weighted by atomic mass is 9.96. The third kappa shape index (κ3) is 4.23. The van der Waals surface area contributed by atoms with Gasteiger partial charge in [-0.3, -0.25) is 4.98 Å². The highest BCUT2D eigenvalue weighted by Crippen LogP contribution is 2.36. The van der Waals surface area contributed by atoms with Crippen molar-refractivity contribution in [2.75, 3.05) is 25.5 Å². The van der Waals surface area contributed by atoms with E-state index in [-0.39, 0.29) is 5.56 Å². The van der Waals surface area contributed by atoms with Crippen molar-refractivity contribution >= 4 is 22.2 Å². The molecule has 2 aromatic carbocycles. The van der Waals surface area contributed by atoms with Gasteiger partial charge in [-0.05, 0) is 37.6 Å². The topological polar surface area (TPSA) is 46.2 Å². The van der Waals surface area contributed by atoms with E-state index in [1.54, 1.807) is 26.3 Å². The Labute approximate surface area is 179 Å². The Bertz CT molecular complexity index is 1130. The molecule has 162 valence electrons. The Morgan fingerprint density at radius 1 is 1.16 bits per heavy atom. The molecule has 0 unspecified atom stereocenters. The molecule has 0 radical (unpaired) electrons. The fourth-order valence-electron chi connectivity index (χ4n) is 3.97. The van der Waals surface area contributed by atoms with Crippen molar-refractivity contribution in [2.45, 2.75) is 25.8 Å². The normalized spacial score (nSPS) is 15.1. The molecule has 7 heteroatoms. The summed E-state index contributed by atoms with van der Waals surface area (Å²) in [5.74, 6) is -0.132. The summed E-state index contributed by atoms with van der Waals surface area (Å²) in [6.45, 7) is 3.44. The third-order valence-electron chi connectivity index (χ3n) is 5.60. The number of anilines is 1. The molecule has 0 bridgehead atoms. The maximum absolute atomic E-state index is 14.6. The molecule has 31 heavy (non-hydrogen) atoms. The first-order chi connectivity index (χ1) is 15.0. The first-order valence-corrected chi connectivity index (χ1v) is 10.2. The van der Waals surface area contributed by atoms with Crippen molar-refractivity contribution in [3.8, 4) is 5.75 Å². The van der Waals surface area contributed by atoms with Crippen LogP contribution in [0.2, 0.25) is 0 Å². The zero-order valence-corrected chi connectivity index (χ0v) is 17.4. The Morgan fingerprint density at radius 3 is 2.68 bits per heavy atom. The molecule has 1 atom stereocenters. The molecule has 1 aliphatic rings. The van der Waals surface area contributed by atoms with E-state index < -0.39 is 23.8 Å². The molecule has 0 saturated heterocycles. The lowest BCUT2D eigenvalue weighted by molar-refractivity contribution is 0.146. The van der Waals surface area contributed by atoms with Gasteiger partial charge in [0.1, 0.15) is 11.6 Å². The van der Waals surface area contributed by atoms with Crippen LogP contribution in [0.15, 0.2) is 48.7 Å². The van der Waals surface area contributed by atoms with Crippen LogP contribution >= 0.6 is 0 Å². The van der Waals surface area contributed by atoms with Gasteiger partial charge >= 0.3 is 0 Å². The quantitative estimate of drug-likeness (QED) is 0.517. The molecule has 4 rings (SSSR count). The predicted molar refractivity (Wildman–Crippen MR) is 117 cm³/mol. The second kappa shape index (κ2) is 8.98. The second-order valence-corrected chi connectivity index (χ2v) is 7.53. The minimum atomic E-state index is -2.86. The Kier molecular flexibility index (Phi) is 6.13. The number of hydrogen-bond donors (Lipinski definition) is 2. The van der Waals surface area contributed by atoms with Gasteiger partial charge < -0.3 is 15.4 Å². The van der Waals surface area contributed by atoms with E-state index in [0.29, 0.717) is 0 Å². The summed E-state index contributed by atoms with van der Waals surface area (Å²) in [6, 6.07) is 9.30. The van der Waals surface area contributed by atoms with E-state index in [1.165, 1.54) is 17.7 Å². The molecule has 2 heterocycles. The summed E-state index contributed by atoms with van der Waals surface area (Å²) < 4.78 is 46.5. The van der Waals surface area contributed by atoms with E-state index in [1.807, 2.05) is 12.1 Å². The average Bonchev–Trinajstić information content (AvgIpc) is 2.78. The van der Waals surface area contributed by atoms with Crippen molar-refractivity contribution in [2.24, 2.45) is 0 Å². The second-order valence-electron chi connectivity index (χ2n) is 7.53. The smallest absolute Gasteiger partial charge is 0.266 e. The van der Waals surface area contributed by atoms with Crippen molar-refractivity contribution in [1.29, 1.82) is 0 Å². The largest absolute Gasteiger partial charge is 0.496 e. The fraction of sp³-hybridized carbons (Fsp3) is 0.292. The Balaban J connectivity index is 1.74. The number of aromatic nitrogens is 1. The van der Waals surface area contributed by atoms with Crippen LogP contribution < -0.4 is 15.4 Å². The van der Waals surface area contributed by atoms with Gasteiger partial charge in [0.05, 0.1) is 24.2 Å². The summed E-state index contributed by atoms with van der Waals surface area (Å²) in [7, 11) is 1.63. The summed E-state index contributed by atoms with van der Waals surface area (Å²) >= 11 is 0. The minimum Gasteiger partial charge on any atom is -0.496 e. The van der Waals surface area contributed by atoms with Crippen molar-refractivity contribution in [3.05, 3.63) is 71.2 Å². The number of nitrogens with zero attached hydrogens (tertiary/aromatic N) is 1. The number of hydrogen-bond acceptors (Lipinski definition) is 4. The monoisotopic (exact) mass is 427 g/mol. The zero-order chi connectivity index (χ0) is 22.0. The molecule has 0 aliphatic carbocycles. The van der Waals surface area contributed by atoms with E-state index in [4.69, 9.17) is 4.74 Å². The van der Waals surface area contributed by atoms with Crippen LogP contribution in [-0.4, -0.2) is 25.2 Å². The number of pyridine rings is 1. The van der Waals surface area contributed by atoms with Gasteiger partial charge in [0.2, 0.25) is 0 Å². The third-order valence-corrected chi connectivity index (χ3v) is 5.60. The van der Waals surface area contributed by atoms with Gasteiger partial charge in [-0.1, -0.05) is 24.3 Å². The standard InChI is InChI=1S/C24H24F3N3O/c1-14(16-4-3-5-17(23(16)25)24(26)27)30-20-8-11-29-21-13-22(31-2)18(12-19(20)21)15-6-9-28-10-7-15/h3-6,8,11-14,24,28H,7,9-10H2,1-2H3,(H,29,30)/t14-/m1/s1. The van der Waals surface area contributed by atoms with Gasteiger partial charge in [0, 0.05) is 41.0 Å². The molecule has 0 amide bonds. The summed E-state index contributed by atoms with van der Waals surface area (Å²) in [5, 5.41) is 7.44. The van der Waals surface area contributed by atoms with Crippen LogP contribution in [0.3, 0.4) is 0 Å². The van der Waals surface area contributed by atoms with Crippen LogP contribution in [0.25, 0.3) is 16.5 Å². The van der Waals surface area contributed by atoms with Gasteiger partial charge in [-0.25, -0.2) is 13.2 Å². The van der Waals surface area contributed by atoms with Gasteiger partial charge in [0.25, 0.3) is 6.43 Å². The molecule has 3 aromatic rings. The minimum absolute atomic E-state index is 0.192. The molecule has 0 fully saturated rings. The highest BCUT2D eigenvalue weighted by Gasteiger charge is 2.20. The van der Waals surface area contributed by atoms with E-state index >= 15 is 0 Å². The fourth-order valence-corrected chi connectivity index (χ4v) is 3.97. The van der Waals surface area contributed by atoms with Crippen LogP contribution in [0.4, 0.5) is 18.9 Å². The number of benzene rings is 2. The Hall–Kier alpha value is -3.06. The van der Waals surface area contributed by atoms with Crippen molar-refractivity contribution in [3.63, 3.8) is 0 Å². The maximum atomic E-state index is 14.6. The average molecular weight is 427 g/mol.